The molecule has 32 heavy (non-hydrogen) atoms. The van der Waals surface area contributed by atoms with Gasteiger partial charge in [0.15, 0.2) is 0 Å². The van der Waals surface area contributed by atoms with Crippen molar-refractivity contribution in [2.24, 2.45) is 7.05 Å². The average Bonchev–Trinajstić information content (AvgIpc) is 3.50. The predicted molar refractivity (Wildman–Crippen MR) is 119 cm³/mol. The molecule has 7 nitrogen and oxygen atoms in total. The van der Waals surface area contributed by atoms with E-state index in [1.807, 2.05) is 60.6 Å². The van der Waals surface area contributed by atoms with Gasteiger partial charge < -0.3 is 15.0 Å². The van der Waals surface area contributed by atoms with E-state index in [4.69, 9.17) is 4.74 Å². The van der Waals surface area contributed by atoms with Gasteiger partial charge in [-0.05, 0) is 54.7 Å². The molecular weight excluding hydrogens is 404 g/mol. The number of carbonyl (C=O) groups excluding carboxylic acids is 2. The number of hydrogen-bond acceptors (Lipinski definition) is 4. The van der Waals surface area contributed by atoms with Crippen molar-refractivity contribution in [1.29, 1.82) is 0 Å². The summed E-state index contributed by atoms with van der Waals surface area (Å²) in [5.41, 5.74) is 3.52. The molecule has 3 aromatic rings. The number of hydrogen-bond donors (Lipinski definition) is 1. The van der Waals surface area contributed by atoms with Crippen LogP contribution >= 0.6 is 0 Å². The van der Waals surface area contributed by atoms with Crippen LogP contribution in [0.1, 0.15) is 45.9 Å². The quantitative estimate of drug-likeness (QED) is 0.680. The van der Waals surface area contributed by atoms with Crippen molar-refractivity contribution < 1.29 is 14.3 Å². The van der Waals surface area contributed by atoms with Gasteiger partial charge in [0.1, 0.15) is 11.2 Å². The number of anilines is 1. The van der Waals surface area contributed by atoms with Crippen LogP contribution in [-0.4, -0.2) is 39.6 Å². The topological polar surface area (TPSA) is 76.5 Å². The number of benzene rings is 2. The number of para-hydroxylation sites is 1. The largest absolute Gasteiger partial charge is 0.493 e. The fourth-order valence-electron chi connectivity index (χ4n) is 5.61. The molecule has 0 saturated carbocycles. The van der Waals surface area contributed by atoms with Crippen molar-refractivity contribution in [3.05, 3.63) is 77.1 Å². The molecule has 0 bridgehead atoms. The summed E-state index contributed by atoms with van der Waals surface area (Å²) in [7, 11) is 1.85. The summed E-state index contributed by atoms with van der Waals surface area (Å²) in [6.45, 7) is 1.21. The van der Waals surface area contributed by atoms with E-state index < -0.39 is 11.5 Å². The molecule has 0 radical (unpaired) electrons. The molecule has 1 fully saturated rings. The van der Waals surface area contributed by atoms with Crippen LogP contribution in [0.2, 0.25) is 0 Å². The lowest BCUT2D eigenvalue weighted by atomic mass is 9.73. The van der Waals surface area contributed by atoms with Gasteiger partial charge in [-0.1, -0.05) is 18.2 Å². The second-order valence-corrected chi connectivity index (χ2v) is 8.84. The van der Waals surface area contributed by atoms with Gasteiger partial charge in [-0.2, -0.15) is 5.10 Å². The van der Waals surface area contributed by atoms with Crippen molar-refractivity contribution in [2.45, 2.75) is 30.7 Å². The number of ether oxygens (including phenoxy) is 1. The maximum atomic E-state index is 13.8. The molecule has 1 aromatic heterocycles. The molecule has 162 valence electrons. The number of fused-ring (bicyclic) bond motifs is 3. The zero-order valence-electron chi connectivity index (χ0n) is 17.9. The van der Waals surface area contributed by atoms with Crippen LogP contribution in [0.25, 0.3) is 0 Å². The third-order valence-electron chi connectivity index (χ3n) is 7.04. The SMILES string of the molecule is Cn1cc([C@@H]2N(C(=O)c3ccc4c(c3)CCCO4)CC[C@]23C(=O)Nc2ccccc23)cn1. The van der Waals surface area contributed by atoms with Gasteiger partial charge in [-0.25, -0.2) is 0 Å². The molecule has 4 heterocycles. The van der Waals surface area contributed by atoms with Gasteiger partial charge in [0.25, 0.3) is 5.91 Å². The first kappa shape index (κ1) is 19.1. The standard InChI is InChI=1S/C25H24N4O3/c1-28-15-18(14-26-28)22-25(19-6-2-3-7-20(19)27-24(25)31)10-11-29(22)23(30)17-8-9-21-16(13-17)5-4-12-32-21/h2-3,6-9,13-15,22H,4-5,10-12H2,1H3,(H,27,31)/t22-,25+/m0/s1. The van der Waals surface area contributed by atoms with Crippen LogP contribution in [-0.2, 0) is 23.7 Å². The van der Waals surface area contributed by atoms with E-state index in [2.05, 4.69) is 10.4 Å². The van der Waals surface area contributed by atoms with Crippen LogP contribution < -0.4 is 10.1 Å². The molecule has 1 spiro atoms. The average molecular weight is 428 g/mol. The van der Waals surface area contributed by atoms with E-state index in [-0.39, 0.29) is 11.8 Å². The summed E-state index contributed by atoms with van der Waals surface area (Å²) in [6, 6.07) is 13.0. The van der Waals surface area contributed by atoms with Crippen molar-refractivity contribution in [2.75, 3.05) is 18.5 Å². The molecule has 7 heteroatoms. The minimum absolute atomic E-state index is 0.0540. The Bertz CT molecular complexity index is 1250. The van der Waals surface area contributed by atoms with E-state index in [0.717, 1.165) is 41.0 Å². The highest BCUT2D eigenvalue weighted by Crippen LogP contribution is 2.54. The fourth-order valence-corrected chi connectivity index (χ4v) is 5.61. The highest BCUT2D eigenvalue weighted by Gasteiger charge is 2.59. The Hall–Kier alpha value is -3.61. The second kappa shape index (κ2) is 6.95. The monoisotopic (exact) mass is 428 g/mol. The van der Waals surface area contributed by atoms with Gasteiger partial charge in [-0.15, -0.1) is 0 Å². The first-order chi connectivity index (χ1) is 15.6. The number of rotatable bonds is 2. The number of nitrogens with one attached hydrogen (secondary N) is 1. The summed E-state index contributed by atoms with van der Waals surface area (Å²) in [5, 5.41) is 7.41. The molecule has 0 aliphatic carbocycles. The summed E-state index contributed by atoms with van der Waals surface area (Å²) in [4.78, 5) is 29.1. The first-order valence-corrected chi connectivity index (χ1v) is 11.0. The zero-order valence-corrected chi connectivity index (χ0v) is 17.9. The number of amides is 2. The molecular formula is C25H24N4O3. The van der Waals surface area contributed by atoms with Crippen molar-refractivity contribution >= 4 is 17.5 Å². The number of likely N-dealkylation sites (tertiary alicyclic amines) is 1. The highest BCUT2D eigenvalue weighted by molar-refractivity contribution is 6.08. The fraction of sp³-hybridized carbons (Fsp3) is 0.320. The number of aryl methyl sites for hydroxylation is 2. The normalized spacial score (nSPS) is 23.6. The Morgan fingerprint density at radius 3 is 2.97 bits per heavy atom. The van der Waals surface area contributed by atoms with E-state index >= 15 is 0 Å². The number of carbonyl (C=O) groups is 2. The Labute approximate surface area is 186 Å². The first-order valence-electron chi connectivity index (χ1n) is 11.0. The van der Waals surface area contributed by atoms with Crippen LogP contribution in [0.5, 0.6) is 5.75 Å². The molecule has 2 aromatic carbocycles. The number of nitrogens with zero attached hydrogens (tertiary/aromatic N) is 3. The number of aromatic nitrogens is 2. The lowest BCUT2D eigenvalue weighted by molar-refractivity contribution is -0.121. The van der Waals surface area contributed by atoms with Crippen molar-refractivity contribution in [3.8, 4) is 5.75 Å². The minimum Gasteiger partial charge on any atom is -0.493 e. The Morgan fingerprint density at radius 1 is 1.25 bits per heavy atom. The lowest BCUT2D eigenvalue weighted by Crippen LogP contribution is -2.42. The third-order valence-corrected chi connectivity index (χ3v) is 7.04. The smallest absolute Gasteiger partial charge is 0.254 e. The van der Waals surface area contributed by atoms with Crippen molar-refractivity contribution in [3.63, 3.8) is 0 Å². The van der Waals surface area contributed by atoms with Gasteiger partial charge >= 0.3 is 0 Å². The van der Waals surface area contributed by atoms with Crippen LogP contribution in [0.15, 0.2) is 54.9 Å². The molecule has 2 atom stereocenters. The summed E-state index contributed by atoms with van der Waals surface area (Å²) < 4.78 is 7.44. The predicted octanol–water partition coefficient (Wildman–Crippen LogP) is 3.22. The Balaban J connectivity index is 1.46. The Morgan fingerprint density at radius 2 is 2.12 bits per heavy atom. The van der Waals surface area contributed by atoms with Crippen molar-refractivity contribution in [1.82, 2.24) is 14.7 Å². The van der Waals surface area contributed by atoms with E-state index in [1.54, 1.807) is 10.9 Å². The summed E-state index contributed by atoms with van der Waals surface area (Å²) in [6.07, 6.45) is 6.10. The van der Waals surface area contributed by atoms with Gasteiger partial charge in [-0.3, -0.25) is 14.3 Å². The second-order valence-electron chi connectivity index (χ2n) is 8.84. The van der Waals surface area contributed by atoms with Crippen LogP contribution in [0.4, 0.5) is 5.69 Å². The molecule has 0 unspecified atom stereocenters. The molecule has 2 amide bonds. The van der Waals surface area contributed by atoms with Gasteiger partial charge in [0.2, 0.25) is 5.91 Å². The zero-order chi connectivity index (χ0) is 21.9. The summed E-state index contributed by atoms with van der Waals surface area (Å²) in [5.74, 6) is 0.738. The van der Waals surface area contributed by atoms with E-state index in [1.165, 1.54) is 0 Å². The molecule has 1 N–H and O–H groups in total. The molecule has 6 rings (SSSR count). The van der Waals surface area contributed by atoms with E-state index in [9.17, 15) is 9.59 Å². The van der Waals surface area contributed by atoms with Crippen LogP contribution in [0.3, 0.4) is 0 Å². The summed E-state index contributed by atoms with van der Waals surface area (Å²) >= 11 is 0. The maximum Gasteiger partial charge on any atom is 0.254 e. The lowest BCUT2D eigenvalue weighted by Gasteiger charge is -2.33. The Kier molecular flexibility index (Phi) is 4.15. The van der Waals surface area contributed by atoms with Gasteiger partial charge in [0, 0.05) is 36.6 Å². The highest BCUT2D eigenvalue weighted by atomic mass is 16.5. The molecule has 3 aliphatic heterocycles. The molecule has 1 saturated heterocycles. The maximum absolute atomic E-state index is 13.8. The third kappa shape index (κ3) is 2.63. The molecule has 3 aliphatic rings. The van der Waals surface area contributed by atoms with E-state index in [0.29, 0.717) is 25.1 Å². The van der Waals surface area contributed by atoms with Crippen LogP contribution in [0, 0.1) is 0 Å². The minimum atomic E-state index is -0.827. The van der Waals surface area contributed by atoms with Gasteiger partial charge in [0.05, 0.1) is 18.8 Å².